The van der Waals surface area contributed by atoms with Crippen molar-refractivity contribution in [2.75, 3.05) is 14.2 Å². The van der Waals surface area contributed by atoms with Crippen LogP contribution in [0, 0.1) is 5.92 Å². The van der Waals surface area contributed by atoms with Crippen molar-refractivity contribution in [3.63, 3.8) is 0 Å². The highest BCUT2D eigenvalue weighted by atomic mass is 32.1. The van der Waals surface area contributed by atoms with Gasteiger partial charge in [0.15, 0.2) is 6.29 Å². The number of hydrogen-bond donors (Lipinski definition) is 1. The summed E-state index contributed by atoms with van der Waals surface area (Å²) in [7, 11) is 3.39. The molecule has 2 atom stereocenters. The first-order chi connectivity index (χ1) is 9.26. The van der Waals surface area contributed by atoms with E-state index < -0.39 is 0 Å². The summed E-state index contributed by atoms with van der Waals surface area (Å²) in [6, 6.07) is 4.99. The van der Waals surface area contributed by atoms with E-state index in [1.54, 1.807) is 14.2 Å². The summed E-state index contributed by atoms with van der Waals surface area (Å²) in [5.41, 5.74) is 0. The lowest BCUT2D eigenvalue weighted by Crippen LogP contribution is -2.43. The minimum atomic E-state index is -0.191. The molecule has 2 unspecified atom stereocenters. The summed E-state index contributed by atoms with van der Waals surface area (Å²) in [5, 5.41) is 5.88. The second kappa shape index (κ2) is 7.39. The number of methoxy groups -OCH3 is 2. The normalized spacial score (nSPS) is 20.0. The van der Waals surface area contributed by atoms with Crippen molar-refractivity contribution in [2.45, 2.75) is 51.0 Å². The highest BCUT2D eigenvalue weighted by Crippen LogP contribution is 2.37. The third-order valence-electron chi connectivity index (χ3n) is 4.04. The van der Waals surface area contributed by atoms with Crippen LogP contribution in [0.3, 0.4) is 0 Å². The maximum Gasteiger partial charge on any atom is 0.171 e. The van der Waals surface area contributed by atoms with Crippen LogP contribution in [0.5, 0.6) is 0 Å². The van der Waals surface area contributed by atoms with Gasteiger partial charge in [-0.1, -0.05) is 18.9 Å². The number of nitrogens with one attached hydrogen (secondary N) is 1. The van der Waals surface area contributed by atoms with Gasteiger partial charge in [-0.05, 0) is 37.1 Å². The van der Waals surface area contributed by atoms with Gasteiger partial charge in [0, 0.05) is 25.1 Å². The Morgan fingerprint density at radius 1 is 1.26 bits per heavy atom. The minimum Gasteiger partial charge on any atom is -0.354 e. The fourth-order valence-electron chi connectivity index (χ4n) is 3.08. The van der Waals surface area contributed by atoms with Gasteiger partial charge in [-0.2, -0.15) is 0 Å². The molecule has 2 rings (SSSR count). The first-order valence-corrected chi connectivity index (χ1v) is 7.99. The molecule has 0 aromatic carbocycles. The first kappa shape index (κ1) is 15.0. The zero-order valence-corrected chi connectivity index (χ0v) is 12.9. The van der Waals surface area contributed by atoms with Crippen LogP contribution in [0.2, 0.25) is 0 Å². The van der Waals surface area contributed by atoms with Crippen molar-refractivity contribution >= 4 is 11.3 Å². The highest BCUT2D eigenvalue weighted by Gasteiger charge is 2.29. The zero-order chi connectivity index (χ0) is 13.7. The Morgan fingerprint density at radius 3 is 2.47 bits per heavy atom. The topological polar surface area (TPSA) is 30.5 Å². The Balaban J connectivity index is 2.05. The molecule has 108 valence electrons. The van der Waals surface area contributed by atoms with Crippen LogP contribution in [-0.2, 0) is 9.47 Å². The molecule has 1 saturated carbocycles. The van der Waals surface area contributed by atoms with Crippen LogP contribution in [0.1, 0.15) is 43.5 Å². The van der Waals surface area contributed by atoms with E-state index in [9.17, 15) is 0 Å². The van der Waals surface area contributed by atoms with Gasteiger partial charge in [0.25, 0.3) is 0 Å². The van der Waals surface area contributed by atoms with E-state index >= 15 is 0 Å². The van der Waals surface area contributed by atoms with Gasteiger partial charge in [-0.25, -0.2) is 0 Å². The summed E-state index contributed by atoms with van der Waals surface area (Å²) in [6.07, 6.45) is 5.19. The van der Waals surface area contributed by atoms with Crippen LogP contribution >= 0.6 is 11.3 Å². The monoisotopic (exact) mass is 283 g/mol. The van der Waals surface area contributed by atoms with Gasteiger partial charge >= 0.3 is 0 Å². The van der Waals surface area contributed by atoms with Gasteiger partial charge in [0.1, 0.15) is 0 Å². The van der Waals surface area contributed by atoms with E-state index in [2.05, 4.69) is 29.8 Å². The molecule has 0 radical (unpaired) electrons. The van der Waals surface area contributed by atoms with Gasteiger partial charge in [-0.15, -0.1) is 11.3 Å². The Kier molecular flexibility index (Phi) is 5.82. The fourth-order valence-corrected chi connectivity index (χ4v) is 3.95. The summed E-state index contributed by atoms with van der Waals surface area (Å²) in [5.74, 6) is 0.746. The molecular weight excluding hydrogens is 258 g/mol. The lowest BCUT2D eigenvalue weighted by atomic mass is 9.96. The third-order valence-corrected chi connectivity index (χ3v) is 4.99. The molecule has 1 aromatic heterocycles. The van der Waals surface area contributed by atoms with Crippen LogP contribution in [0.15, 0.2) is 17.5 Å². The Morgan fingerprint density at radius 2 is 1.95 bits per heavy atom. The Bertz CT molecular complexity index is 345. The van der Waals surface area contributed by atoms with Crippen molar-refractivity contribution in [1.29, 1.82) is 0 Å². The SMILES string of the molecule is COC(OC)C(C)NC(c1cccs1)C1CCCC1. The molecule has 0 aliphatic heterocycles. The van der Waals surface area contributed by atoms with Gasteiger partial charge in [0.05, 0.1) is 6.04 Å². The van der Waals surface area contributed by atoms with Gasteiger partial charge < -0.3 is 14.8 Å². The molecule has 1 aromatic rings. The smallest absolute Gasteiger partial charge is 0.171 e. The van der Waals surface area contributed by atoms with E-state index in [1.165, 1.54) is 30.6 Å². The van der Waals surface area contributed by atoms with E-state index in [0.29, 0.717) is 6.04 Å². The molecule has 0 spiro atoms. The molecule has 4 heteroatoms. The van der Waals surface area contributed by atoms with Crippen molar-refractivity contribution in [3.8, 4) is 0 Å². The zero-order valence-electron chi connectivity index (χ0n) is 12.1. The largest absolute Gasteiger partial charge is 0.354 e. The molecule has 1 N–H and O–H groups in total. The van der Waals surface area contributed by atoms with Crippen LogP contribution in [0.25, 0.3) is 0 Å². The molecule has 1 heterocycles. The molecule has 19 heavy (non-hydrogen) atoms. The van der Waals surface area contributed by atoms with Crippen LogP contribution < -0.4 is 5.32 Å². The van der Waals surface area contributed by atoms with Crippen molar-refractivity contribution in [1.82, 2.24) is 5.32 Å². The standard InChI is InChI=1S/C15H25NO2S/c1-11(15(17-2)18-3)16-14(12-7-4-5-8-12)13-9-6-10-19-13/h6,9-12,14-16H,4-5,7-8H2,1-3H3. The van der Waals surface area contributed by atoms with Crippen molar-refractivity contribution < 1.29 is 9.47 Å². The van der Waals surface area contributed by atoms with Crippen molar-refractivity contribution in [3.05, 3.63) is 22.4 Å². The lowest BCUT2D eigenvalue weighted by molar-refractivity contribution is -0.121. The summed E-state index contributed by atoms with van der Waals surface area (Å²) in [4.78, 5) is 1.43. The Labute approximate surface area is 120 Å². The summed E-state index contributed by atoms with van der Waals surface area (Å²) < 4.78 is 10.7. The maximum absolute atomic E-state index is 5.36. The molecule has 1 aliphatic rings. The molecule has 1 fully saturated rings. The lowest BCUT2D eigenvalue weighted by Gasteiger charge is -2.30. The molecule has 0 saturated heterocycles. The molecule has 3 nitrogen and oxygen atoms in total. The minimum absolute atomic E-state index is 0.183. The van der Waals surface area contributed by atoms with E-state index in [4.69, 9.17) is 9.47 Å². The molecule has 0 bridgehead atoms. The average molecular weight is 283 g/mol. The second-order valence-corrected chi connectivity index (χ2v) is 6.31. The predicted octanol–water partition coefficient (Wildman–Crippen LogP) is 3.58. The van der Waals surface area contributed by atoms with Gasteiger partial charge in [0.2, 0.25) is 0 Å². The number of ether oxygens (including phenoxy) is 2. The highest BCUT2D eigenvalue weighted by molar-refractivity contribution is 7.10. The van der Waals surface area contributed by atoms with E-state index in [0.717, 1.165) is 5.92 Å². The Hall–Kier alpha value is -0.420. The quantitative estimate of drug-likeness (QED) is 0.776. The average Bonchev–Trinajstić information content (AvgIpc) is 3.11. The maximum atomic E-state index is 5.36. The van der Waals surface area contributed by atoms with Crippen LogP contribution in [-0.4, -0.2) is 26.6 Å². The molecule has 1 aliphatic carbocycles. The summed E-state index contributed by atoms with van der Waals surface area (Å²) in [6.45, 7) is 2.13. The fraction of sp³-hybridized carbons (Fsp3) is 0.733. The third kappa shape index (κ3) is 3.78. The van der Waals surface area contributed by atoms with E-state index in [1.807, 2.05) is 11.3 Å². The molecule has 0 amide bonds. The van der Waals surface area contributed by atoms with Crippen molar-refractivity contribution in [2.24, 2.45) is 5.92 Å². The second-order valence-electron chi connectivity index (χ2n) is 5.33. The first-order valence-electron chi connectivity index (χ1n) is 7.11. The van der Waals surface area contributed by atoms with Gasteiger partial charge in [-0.3, -0.25) is 0 Å². The number of rotatable bonds is 7. The number of hydrogen-bond acceptors (Lipinski definition) is 4. The number of thiophene rings is 1. The van der Waals surface area contributed by atoms with E-state index in [-0.39, 0.29) is 12.3 Å². The predicted molar refractivity (Wildman–Crippen MR) is 79.4 cm³/mol. The van der Waals surface area contributed by atoms with Crippen LogP contribution in [0.4, 0.5) is 0 Å². The molecular formula is C15H25NO2S. The summed E-state index contributed by atoms with van der Waals surface area (Å²) >= 11 is 1.84.